The van der Waals surface area contributed by atoms with Crippen LogP contribution in [0.3, 0.4) is 0 Å². The van der Waals surface area contributed by atoms with Gasteiger partial charge in [-0.3, -0.25) is 9.59 Å². The van der Waals surface area contributed by atoms with Crippen LogP contribution >= 0.6 is 22.9 Å². The summed E-state index contributed by atoms with van der Waals surface area (Å²) in [5.41, 5.74) is 1.39. The van der Waals surface area contributed by atoms with Gasteiger partial charge < -0.3 is 15.1 Å². The number of hydrogen-bond acceptors (Lipinski definition) is 5. The standard InChI is InChI=1S/C24H31ClN4O2S/c25-20-7-2-1-6-19(20)16-22(30)29-14-8-18(9-15-29)24-27-21(17-32-24)23(31)26-10-5-13-28-11-3-4-12-28/h1-2,6-7,17-18H,3-5,8-16H2,(H,26,31). The number of benzene rings is 1. The maximum atomic E-state index is 12.7. The molecule has 2 aliphatic heterocycles. The zero-order chi connectivity index (χ0) is 22.3. The number of likely N-dealkylation sites (tertiary alicyclic amines) is 2. The molecule has 2 aromatic rings. The molecule has 0 atom stereocenters. The average molecular weight is 475 g/mol. The summed E-state index contributed by atoms with van der Waals surface area (Å²) in [5.74, 6) is 0.340. The Hall–Kier alpha value is -1.96. The fourth-order valence-corrected chi connectivity index (χ4v) is 5.65. The van der Waals surface area contributed by atoms with Crippen molar-refractivity contribution in [1.82, 2.24) is 20.1 Å². The Kier molecular flexibility index (Phi) is 8.16. The van der Waals surface area contributed by atoms with Gasteiger partial charge in [0.2, 0.25) is 5.91 Å². The molecule has 3 heterocycles. The number of carbonyl (C=O) groups is 2. The van der Waals surface area contributed by atoms with Gasteiger partial charge in [-0.25, -0.2) is 4.98 Å². The first-order valence-corrected chi connectivity index (χ1v) is 12.8. The molecule has 2 aliphatic rings. The van der Waals surface area contributed by atoms with Crippen molar-refractivity contribution in [2.24, 2.45) is 0 Å². The summed E-state index contributed by atoms with van der Waals surface area (Å²) in [6.45, 7) is 5.54. The number of amides is 2. The second-order valence-electron chi connectivity index (χ2n) is 8.65. The molecule has 1 aromatic carbocycles. The van der Waals surface area contributed by atoms with Crippen LogP contribution in [0.4, 0.5) is 0 Å². The molecule has 0 unspecified atom stereocenters. The van der Waals surface area contributed by atoms with Crippen molar-refractivity contribution in [1.29, 1.82) is 0 Å². The Bertz CT molecular complexity index is 920. The van der Waals surface area contributed by atoms with Crippen molar-refractivity contribution >= 4 is 34.8 Å². The summed E-state index contributed by atoms with van der Waals surface area (Å²) in [4.78, 5) is 34.1. The molecule has 0 bridgehead atoms. The van der Waals surface area contributed by atoms with E-state index in [4.69, 9.17) is 11.6 Å². The summed E-state index contributed by atoms with van der Waals surface area (Å²) < 4.78 is 0. The van der Waals surface area contributed by atoms with E-state index in [0.717, 1.165) is 36.4 Å². The molecule has 6 nitrogen and oxygen atoms in total. The summed E-state index contributed by atoms with van der Waals surface area (Å²) >= 11 is 7.75. The van der Waals surface area contributed by atoms with E-state index < -0.39 is 0 Å². The van der Waals surface area contributed by atoms with Gasteiger partial charge in [0.05, 0.1) is 11.4 Å². The second kappa shape index (κ2) is 11.3. The van der Waals surface area contributed by atoms with Crippen molar-refractivity contribution in [3.8, 4) is 0 Å². The van der Waals surface area contributed by atoms with Gasteiger partial charge in [-0.2, -0.15) is 0 Å². The first kappa shape index (κ1) is 23.2. The summed E-state index contributed by atoms with van der Waals surface area (Å²) in [5, 5.41) is 6.51. The molecule has 2 amide bonds. The van der Waals surface area contributed by atoms with Gasteiger partial charge in [-0.15, -0.1) is 11.3 Å². The highest BCUT2D eigenvalue weighted by atomic mass is 35.5. The number of piperidine rings is 1. The number of hydrogen-bond donors (Lipinski definition) is 1. The zero-order valence-corrected chi connectivity index (χ0v) is 20.0. The minimum absolute atomic E-state index is 0.0822. The first-order chi connectivity index (χ1) is 15.6. The molecule has 1 N–H and O–H groups in total. The van der Waals surface area contributed by atoms with Crippen molar-refractivity contribution < 1.29 is 9.59 Å². The summed E-state index contributed by atoms with van der Waals surface area (Å²) in [6, 6.07) is 7.51. The fourth-order valence-electron chi connectivity index (χ4n) is 4.47. The van der Waals surface area contributed by atoms with Crippen LogP contribution in [0.1, 0.15) is 59.1 Å². The molecule has 2 fully saturated rings. The number of nitrogens with zero attached hydrogens (tertiary/aromatic N) is 3. The highest BCUT2D eigenvalue weighted by molar-refractivity contribution is 7.09. The maximum absolute atomic E-state index is 12.7. The minimum atomic E-state index is -0.0822. The molecule has 172 valence electrons. The van der Waals surface area contributed by atoms with Crippen LogP contribution in [0.2, 0.25) is 5.02 Å². The molecule has 0 saturated carbocycles. The van der Waals surface area contributed by atoms with E-state index in [1.165, 1.54) is 25.9 Å². The molecule has 4 rings (SSSR count). The predicted molar refractivity (Wildman–Crippen MR) is 128 cm³/mol. The van der Waals surface area contributed by atoms with Crippen LogP contribution in [-0.4, -0.2) is 65.9 Å². The van der Waals surface area contributed by atoms with Gasteiger partial charge in [0.15, 0.2) is 0 Å². The number of nitrogens with one attached hydrogen (secondary N) is 1. The highest BCUT2D eigenvalue weighted by Gasteiger charge is 2.26. The molecule has 0 aliphatic carbocycles. The first-order valence-electron chi connectivity index (χ1n) is 11.6. The van der Waals surface area contributed by atoms with E-state index in [-0.39, 0.29) is 11.8 Å². The Labute approximate surface area is 199 Å². The smallest absolute Gasteiger partial charge is 0.270 e. The van der Waals surface area contributed by atoms with Gasteiger partial charge in [0.25, 0.3) is 5.91 Å². The quantitative estimate of drug-likeness (QED) is 0.588. The Morgan fingerprint density at radius 3 is 2.62 bits per heavy atom. The van der Waals surface area contributed by atoms with E-state index in [0.29, 0.717) is 42.7 Å². The largest absolute Gasteiger partial charge is 0.351 e. The predicted octanol–water partition coefficient (Wildman–Crippen LogP) is 3.96. The molecule has 1 aromatic heterocycles. The van der Waals surface area contributed by atoms with E-state index in [2.05, 4.69) is 15.2 Å². The van der Waals surface area contributed by atoms with Crippen molar-refractivity contribution in [2.75, 3.05) is 39.3 Å². The normalized spacial score (nSPS) is 17.6. The van der Waals surface area contributed by atoms with Crippen LogP contribution in [-0.2, 0) is 11.2 Å². The maximum Gasteiger partial charge on any atom is 0.270 e. The summed E-state index contributed by atoms with van der Waals surface area (Å²) in [7, 11) is 0. The third kappa shape index (κ3) is 6.09. The second-order valence-corrected chi connectivity index (χ2v) is 9.95. The molecular formula is C24H31ClN4O2S. The third-order valence-corrected chi connectivity index (χ3v) is 7.76. The lowest BCUT2D eigenvalue weighted by atomic mass is 9.97. The molecule has 0 radical (unpaired) electrons. The van der Waals surface area contributed by atoms with Crippen LogP contribution in [0.25, 0.3) is 0 Å². The number of halogens is 1. The number of rotatable bonds is 8. The number of carbonyl (C=O) groups excluding carboxylic acids is 2. The van der Waals surface area contributed by atoms with Gasteiger partial charge in [-0.1, -0.05) is 29.8 Å². The Morgan fingerprint density at radius 1 is 1.12 bits per heavy atom. The van der Waals surface area contributed by atoms with E-state index >= 15 is 0 Å². The zero-order valence-electron chi connectivity index (χ0n) is 18.4. The fraction of sp³-hybridized carbons (Fsp3) is 0.542. The van der Waals surface area contributed by atoms with Gasteiger partial charge >= 0.3 is 0 Å². The number of aromatic nitrogens is 1. The molecule has 32 heavy (non-hydrogen) atoms. The van der Waals surface area contributed by atoms with Crippen molar-refractivity contribution in [3.63, 3.8) is 0 Å². The van der Waals surface area contributed by atoms with Crippen LogP contribution in [0.15, 0.2) is 29.6 Å². The molecule has 2 saturated heterocycles. The van der Waals surface area contributed by atoms with E-state index in [1.807, 2.05) is 34.5 Å². The monoisotopic (exact) mass is 474 g/mol. The SMILES string of the molecule is O=C(NCCCN1CCCC1)c1csc(C2CCN(C(=O)Cc3ccccc3Cl)CC2)n1. The Morgan fingerprint density at radius 2 is 1.88 bits per heavy atom. The third-order valence-electron chi connectivity index (χ3n) is 6.39. The average Bonchev–Trinajstić information content (AvgIpc) is 3.51. The van der Waals surface area contributed by atoms with Crippen molar-refractivity contribution in [3.05, 3.63) is 50.9 Å². The van der Waals surface area contributed by atoms with Gasteiger partial charge in [0, 0.05) is 36.0 Å². The van der Waals surface area contributed by atoms with Crippen LogP contribution in [0.5, 0.6) is 0 Å². The minimum Gasteiger partial charge on any atom is -0.351 e. The topological polar surface area (TPSA) is 65.5 Å². The molecule has 8 heteroatoms. The van der Waals surface area contributed by atoms with E-state index in [9.17, 15) is 9.59 Å². The highest BCUT2D eigenvalue weighted by Crippen LogP contribution is 2.30. The lowest BCUT2D eigenvalue weighted by Gasteiger charge is -2.31. The molecular weight excluding hydrogens is 444 g/mol. The van der Waals surface area contributed by atoms with Crippen molar-refractivity contribution in [2.45, 2.75) is 44.4 Å². The Balaban J connectivity index is 1.20. The lowest BCUT2D eigenvalue weighted by molar-refractivity contribution is -0.131. The number of thiazole rings is 1. The summed E-state index contributed by atoms with van der Waals surface area (Å²) in [6.07, 6.45) is 5.65. The van der Waals surface area contributed by atoms with Crippen LogP contribution in [0, 0.1) is 0 Å². The van der Waals surface area contributed by atoms with Gasteiger partial charge in [-0.05, 0) is 63.4 Å². The molecule has 0 spiro atoms. The van der Waals surface area contributed by atoms with Crippen LogP contribution < -0.4 is 5.32 Å². The van der Waals surface area contributed by atoms with Gasteiger partial charge in [0.1, 0.15) is 5.69 Å². The lowest BCUT2D eigenvalue weighted by Crippen LogP contribution is -2.38. The van der Waals surface area contributed by atoms with E-state index in [1.54, 1.807) is 11.3 Å².